The zero-order chi connectivity index (χ0) is 18.0. The second-order valence-corrected chi connectivity index (χ2v) is 6.75. The fourth-order valence-corrected chi connectivity index (χ4v) is 3.03. The molecule has 0 spiro atoms. The number of imidazole rings is 1. The highest BCUT2D eigenvalue weighted by Crippen LogP contribution is 2.26. The maximum atomic E-state index is 13.2. The quantitative estimate of drug-likeness (QED) is 0.873. The van der Waals surface area contributed by atoms with Crippen LogP contribution in [0.1, 0.15) is 37.6 Å². The minimum absolute atomic E-state index is 0.313. The average Bonchev–Trinajstić information content (AvgIpc) is 3.14. The summed E-state index contributed by atoms with van der Waals surface area (Å²) in [5, 5.41) is 5.28. The van der Waals surface area contributed by atoms with Crippen LogP contribution in [-0.4, -0.2) is 34.0 Å². The monoisotopic (exact) mass is 348 g/mol. The Hall–Kier alpha value is -2.28. The Morgan fingerprint density at radius 1 is 1.48 bits per heavy atom. The minimum atomic E-state index is -2.82. The minimum Gasteiger partial charge on any atom is -0.330 e. The number of carbonyl (C=O) groups excluding carboxylic acids is 1. The van der Waals surface area contributed by atoms with Crippen molar-refractivity contribution >= 4 is 11.6 Å². The summed E-state index contributed by atoms with van der Waals surface area (Å²) in [6.45, 7) is 4.35. The molecule has 1 atom stereocenters. The van der Waals surface area contributed by atoms with Crippen molar-refractivity contribution in [2.24, 2.45) is 0 Å². The molecule has 2 N–H and O–H groups in total. The predicted molar refractivity (Wildman–Crippen MR) is 91.8 cm³/mol. The molecule has 134 valence electrons. The van der Waals surface area contributed by atoms with E-state index < -0.39 is 30.8 Å². The Morgan fingerprint density at radius 3 is 2.96 bits per heavy atom. The first-order chi connectivity index (χ1) is 11.8. The van der Waals surface area contributed by atoms with Gasteiger partial charge in [-0.1, -0.05) is 26.0 Å². The number of nitrogens with zero attached hydrogens (tertiary/aromatic N) is 2. The Bertz CT molecular complexity index is 757. The molecule has 1 amide bonds. The lowest BCUT2D eigenvalue weighted by atomic mass is 10.1. The van der Waals surface area contributed by atoms with E-state index in [0.29, 0.717) is 18.2 Å². The van der Waals surface area contributed by atoms with E-state index in [1.165, 1.54) is 0 Å². The molecule has 1 unspecified atom stereocenters. The van der Waals surface area contributed by atoms with Crippen molar-refractivity contribution in [1.29, 1.82) is 0 Å². The maximum Gasteiger partial charge on any atom is 0.262 e. The molecule has 7 heteroatoms. The third-order valence-electron chi connectivity index (χ3n) is 4.24. The first-order valence-corrected chi connectivity index (χ1v) is 8.36. The normalized spacial score (nSPS) is 19.3. The maximum absolute atomic E-state index is 13.2. The van der Waals surface area contributed by atoms with Gasteiger partial charge in [0.2, 0.25) is 5.91 Å². The number of benzene rings is 1. The molecule has 5 nitrogen and oxygen atoms in total. The number of hydrogen-bond acceptors (Lipinski definition) is 3. The summed E-state index contributed by atoms with van der Waals surface area (Å²) in [5.74, 6) is -1.95. The fraction of sp³-hybridized carbons (Fsp3) is 0.444. The number of anilines is 1. The van der Waals surface area contributed by atoms with Crippen molar-refractivity contribution in [1.82, 2.24) is 14.9 Å². The van der Waals surface area contributed by atoms with Gasteiger partial charge in [-0.25, -0.2) is 13.8 Å². The van der Waals surface area contributed by atoms with E-state index in [-0.39, 0.29) is 0 Å². The van der Waals surface area contributed by atoms with Gasteiger partial charge in [0.15, 0.2) is 0 Å². The second kappa shape index (κ2) is 6.92. The first-order valence-electron chi connectivity index (χ1n) is 8.36. The number of aromatic nitrogens is 2. The van der Waals surface area contributed by atoms with E-state index in [2.05, 4.69) is 34.0 Å². The van der Waals surface area contributed by atoms with Crippen LogP contribution in [0.5, 0.6) is 0 Å². The SMILES string of the molecule is CC(C)c1nccn1Cc1cccc(NC(=O)C2CC(F)(F)CN2)c1. The highest BCUT2D eigenvalue weighted by molar-refractivity contribution is 5.95. The lowest BCUT2D eigenvalue weighted by Gasteiger charge is -2.13. The zero-order valence-electron chi connectivity index (χ0n) is 14.3. The van der Waals surface area contributed by atoms with E-state index in [1.54, 1.807) is 12.3 Å². The van der Waals surface area contributed by atoms with Crippen LogP contribution in [0.2, 0.25) is 0 Å². The molecule has 3 rings (SSSR count). The topological polar surface area (TPSA) is 59.0 Å². The molecule has 1 aliphatic rings. The van der Waals surface area contributed by atoms with E-state index >= 15 is 0 Å². The molecular formula is C18H22F2N4O. The molecule has 0 bridgehead atoms. The summed E-state index contributed by atoms with van der Waals surface area (Å²) >= 11 is 0. The third kappa shape index (κ3) is 4.22. The van der Waals surface area contributed by atoms with Crippen LogP contribution < -0.4 is 10.6 Å². The van der Waals surface area contributed by atoms with Gasteiger partial charge in [0.05, 0.1) is 12.6 Å². The molecule has 1 aromatic heterocycles. The van der Waals surface area contributed by atoms with Crippen LogP contribution in [-0.2, 0) is 11.3 Å². The standard InChI is InChI=1S/C18H22F2N4O/c1-12(2)16-21-6-7-24(16)10-13-4-3-5-14(8-13)23-17(25)15-9-18(19,20)11-22-15/h3-8,12,15,22H,9-11H2,1-2H3,(H,23,25). The molecule has 1 aromatic carbocycles. The van der Waals surface area contributed by atoms with Gasteiger partial charge in [-0.15, -0.1) is 0 Å². The van der Waals surface area contributed by atoms with Crippen molar-refractivity contribution in [2.45, 2.75) is 44.7 Å². The molecule has 1 aliphatic heterocycles. The van der Waals surface area contributed by atoms with Gasteiger partial charge in [0.25, 0.3) is 5.92 Å². The van der Waals surface area contributed by atoms with Crippen LogP contribution in [0, 0.1) is 0 Å². The molecule has 0 saturated carbocycles. The molecule has 2 heterocycles. The molecule has 1 saturated heterocycles. The fourth-order valence-electron chi connectivity index (χ4n) is 3.03. The van der Waals surface area contributed by atoms with Gasteiger partial charge in [0.1, 0.15) is 5.82 Å². The van der Waals surface area contributed by atoms with Crippen molar-refractivity contribution in [3.05, 3.63) is 48.0 Å². The zero-order valence-corrected chi connectivity index (χ0v) is 14.3. The van der Waals surface area contributed by atoms with E-state index in [0.717, 1.165) is 11.4 Å². The summed E-state index contributed by atoms with van der Waals surface area (Å²) in [5.41, 5.74) is 1.60. The lowest BCUT2D eigenvalue weighted by Crippen LogP contribution is -2.35. The van der Waals surface area contributed by atoms with Gasteiger partial charge < -0.3 is 9.88 Å². The molecular weight excluding hydrogens is 326 g/mol. The Balaban J connectivity index is 1.67. The third-order valence-corrected chi connectivity index (χ3v) is 4.24. The van der Waals surface area contributed by atoms with E-state index in [1.807, 2.05) is 24.4 Å². The van der Waals surface area contributed by atoms with Crippen LogP contribution in [0.4, 0.5) is 14.5 Å². The molecule has 1 fully saturated rings. The van der Waals surface area contributed by atoms with Crippen molar-refractivity contribution < 1.29 is 13.6 Å². The predicted octanol–water partition coefficient (Wildman–Crippen LogP) is 2.99. The summed E-state index contributed by atoms with van der Waals surface area (Å²) in [4.78, 5) is 16.5. The van der Waals surface area contributed by atoms with Gasteiger partial charge >= 0.3 is 0 Å². The molecule has 2 aromatic rings. The highest BCUT2D eigenvalue weighted by Gasteiger charge is 2.42. The first kappa shape index (κ1) is 17.5. The van der Waals surface area contributed by atoms with Crippen molar-refractivity contribution in [3.63, 3.8) is 0 Å². The number of hydrogen-bond donors (Lipinski definition) is 2. The second-order valence-electron chi connectivity index (χ2n) is 6.75. The number of alkyl halides is 2. The Labute approximate surface area is 145 Å². The van der Waals surface area contributed by atoms with Crippen LogP contribution >= 0.6 is 0 Å². The summed E-state index contributed by atoms with van der Waals surface area (Å²) in [7, 11) is 0. The van der Waals surface area contributed by atoms with Gasteiger partial charge in [0, 0.05) is 37.0 Å². The summed E-state index contributed by atoms with van der Waals surface area (Å²) < 4.78 is 28.5. The van der Waals surface area contributed by atoms with Gasteiger partial charge in [-0.05, 0) is 17.7 Å². The molecule has 0 radical (unpaired) electrons. The van der Waals surface area contributed by atoms with Crippen molar-refractivity contribution in [3.8, 4) is 0 Å². The van der Waals surface area contributed by atoms with E-state index in [4.69, 9.17) is 0 Å². The number of amides is 1. The molecule has 0 aliphatic carbocycles. The van der Waals surface area contributed by atoms with Crippen LogP contribution in [0.15, 0.2) is 36.7 Å². The average molecular weight is 348 g/mol. The highest BCUT2D eigenvalue weighted by atomic mass is 19.3. The smallest absolute Gasteiger partial charge is 0.262 e. The number of nitrogens with one attached hydrogen (secondary N) is 2. The van der Waals surface area contributed by atoms with Gasteiger partial charge in [-0.3, -0.25) is 10.1 Å². The summed E-state index contributed by atoms with van der Waals surface area (Å²) in [6, 6.07) is 6.55. The lowest BCUT2D eigenvalue weighted by molar-refractivity contribution is -0.118. The number of halogens is 2. The van der Waals surface area contributed by atoms with E-state index in [9.17, 15) is 13.6 Å². The summed E-state index contributed by atoms with van der Waals surface area (Å²) in [6.07, 6.45) is 3.23. The van der Waals surface area contributed by atoms with Crippen LogP contribution in [0.3, 0.4) is 0 Å². The van der Waals surface area contributed by atoms with Gasteiger partial charge in [-0.2, -0.15) is 0 Å². The number of carbonyl (C=O) groups is 1. The molecule has 25 heavy (non-hydrogen) atoms. The number of rotatable bonds is 5. The van der Waals surface area contributed by atoms with Crippen molar-refractivity contribution in [2.75, 3.05) is 11.9 Å². The Morgan fingerprint density at radius 2 is 2.28 bits per heavy atom. The van der Waals surface area contributed by atoms with Crippen LogP contribution in [0.25, 0.3) is 0 Å². The Kier molecular flexibility index (Phi) is 4.85. The largest absolute Gasteiger partial charge is 0.330 e.